The number of rotatable bonds is 6. The Balaban J connectivity index is 4.00. The van der Waals surface area contributed by atoms with Crippen LogP contribution in [0.2, 0.25) is 0 Å². The highest BCUT2D eigenvalue weighted by Crippen LogP contribution is 1.90. The number of Topliss-reactive ketones (excluding diaryl/α,β-unsaturated/α-hetero) is 1. The van der Waals surface area contributed by atoms with Gasteiger partial charge in [-0.1, -0.05) is 12.2 Å². The molecule has 0 bridgehead atoms. The van der Waals surface area contributed by atoms with Gasteiger partial charge in [0.05, 0.1) is 0 Å². The van der Waals surface area contributed by atoms with E-state index in [9.17, 15) is 4.79 Å². The average Bonchev–Trinajstić information content (AvgIpc) is 2.01. The first-order chi connectivity index (χ1) is 5.70. The van der Waals surface area contributed by atoms with Crippen LogP contribution in [0.4, 0.5) is 0 Å². The number of hydrogen-bond donors (Lipinski definition) is 0. The smallest absolute Gasteiger partial charge is 0.162 e. The van der Waals surface area contributed by atoms with Crippen molar-refractivity contribution in [2.45, 2.75) is 6.92 Å². The molecule has 0 spiro atoms. The summed E-state index contributed by atoms with van der Waals surface area (Å²) < 4.78 is 0. The third-order valence-corrected chi connectivity index (χ3v) is 1.18. The number of hydrogen-bond acceptors (Lipinski definition) is 2. The zero-order valence-corrected chi connectivity index (χ0v) is 7.42. The Morgan fingerprint density at radius 2 is 1.92 bits per heavy atom. The molecule has 2 nitrogen and oxygen atoms in total. The normalized spacial score (nSPS) is 9.75. The van der Waals surface area contributed by atoms with E-state index >= 15 is 0 Å². The van der Waals surface area contributed by atoms with E-state index < -0.39 is 0 Å². The molecule has 0 aromatic heterocycles. The van der Waals surface area contributed by atoms with Crippen LogP contribution in [0.5, 0.6) is 0 Å². The summed E-state index contributed by atoms with van der Waals surface area (Å²) >= 11 is 0. The fourth-order valence-electron chi connectivity index (χ4n) is 0.694. The molecule has 0 aliphatic rings. The molecule has 0 atom stereocenters. The molecule has 0 aromatic carbocycles. The zero-order valence-electron chi connectivity index (χ0n) is 7.42. The van der Waals surface area contributed by atoms with E-state index in [4.69, 9.17) is 0 Å². The maximum atomic E-state index is 10.5. The van der Waals surface area contributed by atoms with Crippen molar-refractivity contribution >= 4 is 5.78 Å². The van der Waals surface area contributed by atoms with Crippen LogP contribution >= 0.6 is 0 Å². The zero-order chi connectivity index (χ0) is 9.40. The van der Waals surface area contributed by atoms with Gasteiger partial charge < -0.3 is 4.90 Å². The van der Waals surface area contributed by atoms with Crippen molar-refractivity contribution in [3.05, 3.63) is 37.6 Å². The summed E-state index contributed by atoms with van der Waals surface area (Å²) in [7, 11) is 0. The largest absolute Gasteiger partial charge is 0.369 e. The van der Waals surface area contributed by atoms with Crippen LogP contribution in [-0.4, -0.2) is 23.8 Å². The molecule has 0 rings (SSSR count). The molecule has 0 aliphatic carbocycles. The lowest BCUT2D eigenvalue weighted by Crippen LogP contribution is -2.17. The van der Waals surface area contributed by atoms with Gasteiger partial charge in [0.1, 0.15) is 0 Å². The first kappa shape index (κ1) is 10.7. The second-order valence-electron chi connectivity index (χ2n) is 2.36. The first-order valence-electron chi connectivity index (χ1n) is 3.77. The summed E-state index contributed by atoms with van der Waals surface area (Å²) in [5.41, 5.74) is 0. The summed E-state index contributed by atoms with van der Waals surface area (Å²) in [6.45, 7) is 10.1. The molecular formula is C10H14NO. The van der Waals surface area contributed by atoms with E-state index in [1.807, 2.05) is 4.90 Å². The van der Waals surface area contributed by atoms with Gasteiger partial charge in [-0.3, -0.25) is 4.79 Å². The van der Waals surface area contributed by atoms with Gasteiger partial charge in [0.25, 0.3) is 0 Å². The lowest BCUT2D eigenvalue weighted by molar-refractivity contribution is -0.113. The van der Waals surface area contributed by atoms with E-state index in [-0.39, 0.29) is 5.78 Å². The minimum absolute atomic E-state index is 0.0758. The molecule has 0 fully saturated rings. The van der Waals surface area contributed by atoms with Crippen molar-refractivity contribution in [2.24, 2.45) is 0 Å². The van der Waals surface area contributed by atoms with Crippen LogP contribution in [0.1, 0.15) is 6.92 Å². The maximum Gasteiger partial charge on any atom is 0.162 e. The van der Waals surface area contributed by atoms with Gasteiger partial charge in [0.15, 0.2) is 5.78 Å². The molecule has 0 aromatic rings. The van der Waals surface area contributed by atoms with E-state index in [2.05, 4.69) is 19.2 Å². The van der Waals surface area contributed by atoms with Gasteiger partial charge in [-0.2, -0.15) is 0 Å². The number of ketones is 1. The molecule has 0 amide bonds. The lowest BCUT2D eigenvalue weighted by atomic mass is 10.4. The van der Waals surface area contributed by atoms with Gasteiger partial charge in [-0.05, 0) is 6.92 Å². The lowest BCUT2D eigenvalue weighted by Gasteiger charge is -2.14. The predicted molar refractivity (Wildman–Crippen MR) is 50.5 cm³/mol. The van der Waals surface area contributed by atoms with Crippen LogP contribution in [0, 0.1) is 6.08 Å². The van der Waals surface area contributed by atoms with E-state index in [0.717, 1.165) is 0 Å². The number of carbonyl (C=O) groups excluding carboxylic acids is 1. The number of nitrogens with zero attached hydrogens (tertiary/aromatic N) is 1. The average molecular weight is 164 g/mol. The topological polar surface area (TPSA) is 20.3 Å². The molecular weight excluding hydrogens is 150 g/mol. The summed E-state index contributed by atoms with van der Waals surface area (Å²) in [6.07, 6.45) is 7.74. The standard InChI is InChI=1S/C10H14NO/c1-4-7-11(8-5-2)9-6-10(3)12/h4-5,9H,1-2,7-8H2,3H3. The highest BCUT2D eigenvalue weighted by Gasteiger charge is 1.92. The Morgan fingerprint density at radius 1 is 1.42 bits per heavy atom. The van der Waals surface area contributed by atoms with E-state index in [1.54, 1.807) is 18.4 Å². The van der Waals surface area contributed by atoms with Crippen molar-refractivity contribution in [1.29, 1.82) is 0 Å². The van der Waals surface area contributed by atoms with Crippen molar-refractivity contribution in [3.63, 3.8) is 0 Å². The third-order valence-electron chi connectivity index (χ3n) is 1.18. The Morgan fingerprint density at radius 3 is 2.25 bits per heavy atom. The second kappa shape index (κ2) is 6.40. The van der Waals surface area contributed by atoms with Gasteiger partial charge in [0.2, 0.25) is 0 Å². The van der Waals surface area contributed by atoms with Crippen molar-refractivity contribution in [3.8, 4) is 0 Å². The van der Waals surface area contributed by atoms with Gasteiger partial charge in [-0.15, -0.1) is 13.2 Å². The Bertz CT molecular complexity index is 184. The Hall–Kier alpha value is -1.31. The molecule has 0 saturated carbocycles. The van der Waals surface area contributed by atoms with Crippen molar-refractivity contribution < 1.29 is 4.79 Å². The molecule has 0 N–H and O–H groups in total. The molecule has 0 unspecified atom stereocenters. The summed E-state index contributed by atoms with van der Waals surface area (Å²) in [5, 5.41) is 0. The molecule has 0 heterocycles. The molecule has 1 radical (unpaired) electrons. The van der Waals surface area contributed by atoms with Crippen LogP contribution in [0.25, 0.3) is 0 Å². The number of carbonyl (C=O) groups is 1. The molecule has 0 saturated heterocycles. The Labute approximate surface area is 73.9 Å². The van der Waals surface area contributed by atoms with Gasteiger partial charge >= 0.3 is 0 Å². The molecule has 0 aliphatic heterocycles. The monoisotopic (exact) mass is 164 g/mol. The van der Waals surface area contributed by atoms with Crippen LogP contribution in [0.3, 0.4) is 0 Å². The van der Waals surface area contributed by atoms with Gasteiger partial charge in [-0.25, -0.2) is 0 Å². The third kappa shape index (κ3) is 5.47. The summed E-state index contributed by atoms with van der Waals surface area (Å²) in [6, 6.07) is 0. The summed E-state index contributed by atoms with van der Waals surface area (Å²) in [5.74, 6) is -0.0758. The van der Waals surface area contributed by atoms with Crippen LogP contribution < -0.4 is 0 Å². The second-order valence-corrected chi connectivity index (χ2v) is 2.36. The van der Waals surface area contributed by atoms with Gasteiger partial charge in [0, 0.05) is 25.4 Å². The maximum absolute atomic E-state index is 10.5. The molecule has 65 valence electrons. The Kier molecular flexibility index (Phi) is 5.70. The molecule has 12 heavy (non-hydrogen) atoms. The fourth-order valence-corrected chi connectivity index (χ4v) is 0.694. The van der Waals surface area contributed by atoms with E-state index in [0.29, 0.717) is 13.1 Å². The summed E-state index contributed by atoms with van der Waals surface area (Å²) in [4.78, 5) is 12.4. The predicted octanol–water partition coefficient (Wildman–Crippen LogP) is 1.57. The highest BCUT2D eigenvalue weighted by molar-refractivity contribution is 5.82. The fraction of sp³-hybridized carbons (Fsp3) is 0.300. The molecule has 2 heteroatoms. The SMILES string of the molecule is C=CCN(/C=[C]/C(C)=O)CC=C. The van der Waals surface area contributed by atoms with Crippen LogP contribution in [-0.2, 0) is 4.79 Å². The first-order valence-corrected chi connectivity index (χ1v) is 3.77. The quantitative estimate of drug-likeness (QED) is 0.438. The number of allylic oxidation sites excluding steroid dienone is 1. The van der Waals surface area contributed by atoms with Crippen LogP contribution in [0.15, 0.2) is 31.5 Å². The van der Waals surface area contributed by atoms with Crippen molar-refractivity contribution in [1.82, 2.24) is 4.90 Å². The minimum atomic E-state index is -0.0758. The van der Waals surface area contributed by atoms with Crippen molar-refractivity contribution in [2.75, 3.05) is 13.1 Å². The minimum Gasteiger partial charge on any atom is -0.369 e. The van der Waals surface area contributed by atoms with E-state index in [1.165, 1.54) is 6.92 Å². The highest BCUT2D eigenvalue weighted by atomic mass is 16.1.